The lowest BCUT2D eigenvalue weighted by molar-refractivity contribution is 0.582. The molecule has 2 nitrogen and oxygen atoms in total. The Morgan fingerprint density at radius 1 is 1.54 bits per heavy atom. The Hall–Kier alpha value is -1.12. The number of hydrogen-bond donors (Lipinski definition) is 1. The topological polar surface area (TPSA) is 24.9 Å². The molecule has 70 valence electrons. The van der Waals surface area contributed by atoms with Crippen LogP contribution in [0.1, 0.15) is 19.8 Å². The van der Waals surface area contributed by atoms with Crippen LogP contribution in [0.4, 0.5) is 10.2 Å². The van der Waals surface area contributed by atoms with Crippen LogP contribution < -0.4 is 5.32 Å². The SMILES string of the molecule is CC(Nc1cccc(F)n1)C1CC1. The third-order valence-electron chi connectivity index (χ3n) is 2.42. The number of anilines is 1. The van der Waals surface area contributed by atoms with Crippen LogP contribution in [0.25, 0.3) is 0 Å². The summed E-state index contributed by atoms with van der Waals surface area (Å²) >= 11 is 0. The lowest BCUT2D eigenvalue weighted by Gasteiger charge is -2.12. The Morgan fingerprint density at radius 2 is 2.31 bits per heavy atom. The molecule has 3 heteroatoms. The molecule has 2 rings (SSSR count). The number of pyridine rings is 1. The van der Waals surface area contributed by atoms with Gasteiger partial charge in [-0.15, -0.1) is 0 Å². The lowest BCUT2D eigenvalue weighted by atomic mass is 10.2. The Bertz CT molecular complexity index is 297. The largest absolute Gasteiger partial charge is 0.367 e. The number of aromatic nitrogens is 1. The second-order valence-electron chi connectivity index (χ2n) is 3.62. The summed E-state index contributed by atoms with van der Waals surface area (Å²) in [6, 6.07) is 5.23. The first kappa shape index (κ1) is 8.48. The number of hydrogen-bond acceptors (Lipinski definition) is 2. The zero-order valence-corrected chi connectivity index (χ0v) is 7.63. The van der Waals surface area contributed by atoms with Crippen molar-refractivity contribution in [1.29, 1.82) is 0 Å². The molecule has 0 bridgehead atoms. The van der Waals surface area contributed by atoms with Gasteiger partial charge in [-0.3, -0.25) is 0 Å². The van der Waals surface area contributed by atoms with Crippen LogP contribution in [0.15, 0.2) is 18.2 Å². The zero-order chi connectivity index (χ0) is 9.26. The Kier molecular flexibility index (Phi) is 2.17. The molecule has 1 aliphatic carbocycles. The summed E-state index contributed by atoms with van der Waals surface area (Å²) in [6.07, 6.45) is 2.56. The van der Waals surface area contributed by atoms with E-state index in [1.807, 2.05) is 0 Å². The molecule has 0 spiro atoms. The Labute approximate surface area is 77.2 Å². The molecule has 1 aliphatic rings. The molecule has 1 unspecified atom stereocenters. The second-order valence-corrected chi connectivity index (χ2v) is 3.62. The smallest absolute Gasteiger partial charge is 0.214 e. The number of halogens is 1. The van der Waals surface area contributed by atoms with Crippen LogP contribution in [0, 0.1) is 11.9 Å². The van der Waals surface area contributed by atoms with Crippen molar-refractivity contribution in [3.63, 3.8) is 0 Å². The predicted molar refractivity (Wildman–Crippen MR) is 50.0 cm³/mol. The van der Waals surface area contributed by atoms with E-state index in [9.17, 15) is 4.39 Å². The molecule has 1 N–H and O–H groups in total. The molecule has 0 aliphatic heterocycles. The molecule has 0 aromatic carbocycles. The van der Waals surface area contributed by atoms with Crippen molar-refractivity contribution in [2.24, 2.45) is 5.92 Å². The van der Waals surface area contributed by atoms with E-state index in [1.165, 1.54) is 18.9 Å². The number of nitrogens with one attached hydrogen (secondary N) is 1. The lowest BCUT2D eigenvalue weighted by Crippen LogP contribution is -2.18. The standard InChI is InChI=1S/C10H13FN2/c1-7(8-5-6-8)12-10-4-2-3-9(11)13-10/h2-4,7-8H,5-6H2,1H3,(H,12,13). The van der Waals surface area contributed by atoms with Crippen molar-refractivity contribution >= 4 is 5.82 Å². The van der Waals surface area contributed by atoms with Crippen molar-refractivity contribution < 1.29 is 4.39 Å². The summed E-state index contributed by atoms with van der Waals surface area (Å²) in [5.41, 5.74) is 0. The van der Waals surface area contributed by atoms with Crippen molar-refractivity contribution in [2.75, 3.05) is 5.32 Å². The molecule has 1 aromatic rings. The van der Waals surface area contributed by atoms with Gasteiger partial charge in [0.05, 0.1) is 0 Å². The molecule has 1 aromatic heterocycles. The van der Waals surface area contributed by atoms with Crippen molar-refractivity contribution in [3.05, 3.63) is 24.1 Å². The fourth-order valence-electron chi connectivity index (χ4n) is 1.44. The van der Waals surface area contributed by atoms with Gasteiger partial charge >= 0.3 is 0 Å². The van der Waals surface area contributed by atoms with Crippen molar-refractivity contribution in [2.45, 2.75) is 25.8 Å². The predicted octanol–water partition coefficient (Wildman–Crippen LogP) is 2.43. The van der Waals surface area contributed by atoms with Crippen LogP contribution in [0.5, 0.6) is 0 Å². The molecule has 1 atom stereocenters. The molecule has 0 amide bonds. The normalized spacial score (nSPS) is 18.3. The fraction of sp³-hybridized carbons (Fsp3) is 0.500. The van der Waals surface area contributed by atoms with Crippen LogP contribution in [0.2, 0.25) is 0 Å². The van der Waals surface area contributed by atoms with Gasteiger partial charge in [0.15, 0.2) is 0 Å². The molecule has 0 radical (unpaired) electrons. The summed E-state index contributed by atoms with van der Waals surface area (Å²) in [7, 11) is 0. The molecule has 1 heterocycles. The average molecular weight is 180 g/mol. The summed E-state index contributed by atoms with van der Waals surface area (Å²) in [5.74, 6) is 0.970. The van der Waals surface area contributed by atoms with Crippen LogP contribution in [0.3, 0.4) is 0 Å². The first-order valence-corrected chi connectivity index (χ1v) is 4.65. The first-order valence-electron chi connectivity index (χ1n) is 4.65. The van der Waals surface area contributed by atoms with Gasteiger partial charge in [0, 0.05) is 6.04 Å². The highest BCUT2D eigenvalue weighted by atomic mass is 19.1. The van der Waals surface area contributed by atoms with Gasteiger partial charge in [0.25, 0.3) is 0 Å². The van der Waals surface area contributed by atoms with Gasteiger partial charge in [-0.25, -0.2) is 4.98 Å². The van der Waals surface area contributed by atoms with E-state index in [2.05, 4.69) is 17.2 Å². The van der Waals surface area contributed by atoms with E-state index >= 15 is 0 Å². The van der Waals surface area contributed by atoms with E-state index in [0.717, 1.165) is 5.92 Å². The van der Waals surface area contributed by atoms with Crippen molar-refractivity contribution in [3.8, 4) is 0 Å². The number of nitrogens with zero attached hydrogens (tertiary/aromatic N) is 1. The quantitative estimate of drug-likeness (QED) is 0.722. The minimum Gasteiger partial charge on any atom is -0.367 e. The van der Waals surface area contributed by atoms with Gasteiger partial charge in [-0.05, 0) is 37.8 Å². The van der Waals surface area contributed by atoms with Crippen molar-refractivity contribution in [1.82, 2.24) is 4.98 Å². The van der Waals surface area contributed by atoms with Gasteiger partial charge in [0.1, 0.15) is 5.82 Å². The monoisotopic (exact) mass is 180 g/mol. The highest BCUT2D eigenvalue weighted by molar-refractivity contribution is 5.35. The van der Waals surface area contributed by atoms with E-state index in [1.54, 1.807) is 12.1 Å². The molecular formula is C10H13FN2. The second kappa shape index (κ2) is 3.32. The molecule has 1 fully saturated rings. The first-order chi connectivity index (χ1) is 6.25. The molecular weight excluding hydrogens is 167 g/mol. The van der Waals surface area contributed by atoms with E-state index < -0.39 is 5.95 Å². The van der Waals surface area contributed by atoms with Crippen LogP contribution in [-0.2, 0) is 0 Å². The average Bonchev–Trinajstić information content (AvgIpc) is 2.85. The minimum absolute atomic E-state index is 0.411. The van der Waals surface area contributed by atoms with Gasteiger partial charge in [0.2, 0.25) is 5.95 Å². The van der Waals surface area contributed by atoms with Gasteiger partial charge in [-0.1, -0.05) is 6.07 Å². The molecule has 13 heavy (non-hydrogen) atoms. The Morgan fingerprint density at radius 3 is 2.92 bits per heavy atom. The van der Waals surface area contributed by atoms with E-state index in [-0.39, 0.29) is 0 Å². The van der Waals surface area contributed by atoms with Crippen LogP contribution in [-0.4, -0.2) is 11.0 Å². The van der Waals surface area contributed by atoms with E-state index in [0.29, 0.717) is 11.9 Å². The summed E-state index contributed by atoms with van der Waals surface area (Å²) in [6.45, 7) is 2.12. The highest BCUT2D eigenvalue weighted by Gasteiger charge is 2.27. The Balaban J connectivity index is 2.00. The molecule has 1 saturated carbocycles. The third kappa shape index (κ3) is 2.17. The zero-order valence-electron chi connectivity index (χ0n) is 7.63. The maximum absolute atomic E-state index is 12.7. The van der Waals surface area contributed by atoms with Gasteiger partial charge < -0.3 is 5.32 Å². The minimum atomic E-state index is -0.423. The maximum Gasteiger partial charge on any atom is 0.214 e. The number of rotatable bonds is 3. The van der Waals surface area contributed by atoms with Gasteiger partial charge in [-0.2, -0.15) is 4.39 Å². The highest BCUT2D eigenvalue weighted by Crippen LogP contribution is 2.33. The fourth-order valence-corrected chi connectivity index (χ4v) is 1.44. The summed E-state index contributed by atoms with van der Waals surface area (Å²) in [4.78, 5) is 3.75. The third-order valence-corrected chi connectivity index (χ3v) is 2.42. The van der Waals surface area contributed by atoms with E-state index in [4.69, 9.17) is 0 Å². The van der Waals surface area contributed by atoms with Crippen LogP contribution >= 0.6 is 0 Å². The summed E-state index contributed by atoms with van der Waals surface area (Å²) < 4.78 is 12.7. The summed E-state index contributed by atoms with van der Waals surface area (Å²) in [5, 5.41) is 3.19. The maximum atomic E-state index is 12.7. The molecule has 0 saturated heterocycles.